The summed E-state index contributed by atoms with van der Waals surface area (Å²) < 4.78 is 5.98. The van der Waals surface area contributed by atoms with Crippen molar-refractivity contribution in [1.82, 2.24) is 15.4 Å². The van der Waals surface area contributed by atoms with E-state index in [1.54, 1.807) is 25.3 Å². The molecule has 1 aromatic heterocycles. The Morgan fingerprint density at radius 3 is 2.62 bits per heavy atom. The topological polar surface area (TPSA) is 104 Å². The van der Waals surface area contributed by atoms with Crippen LogP contribution in [0, 0.1) is 29.1 Å². The molecule has 8 heteroatoms. The molecular formula is C34H43N3O5. The number of nitrogens with zero attached hydrogens (tertiary/aromatic N) is 2. The van der Waals surface area contributed by atoms with Gasteiger partial charge in [-0.25, -0.2) is 0 Å². The number of ether oxygens (including phenoxy) is 1. The first kappa shape index (κ1) is 29.1. The summed E-state index contributed by atoms with van der Waals surface area (Å²) in [4.78, 5) is 24.8. The highest BCUT2D eigenvalue weighted by atomic mass is 16.7. The Morgan fingerprint density at radius 2 is 1.93 bits per heavy atom. The van der Waals surface area contributed by atoms with Crippen LogP contribution in [0.4, 0.5) is 0 Å². The second kappa shape index (κ2) is 11.2. The number of para-hydroxylation sites is 1. The summed E-state index contributed by atoms with van der Waals surface area (Å²) >= 11 is 0. The maximum atomic E-state index is 14.0. The molecule has 3 aromatic rings. The molecule has 3 N–H and O–H groups in total. The number of nitrogens with one attached hydrogen (secondary N) is 1. The van der Waals surface area contributed by atoms with E-state index in [1.807, 2.05) is 42.5 Å². The highest BCUT2D eigenvalue weighted by Crippen LogP contribution is 2.61. The van der Waals surface area contributed by atoms with Crippen LogP contribution in [-0.2, 0) is 16.2 Å². The number of aliphatic hydroxyl groups excluding tert-OH is 2. The van der Waals surface area contributed by atoms with Gasteiger partial charge in [0.05, 0.1) is 31.9 Å². The van der Waals surface area contributed by atoms with Gasteiger partial charge in [0.15, 0.2) is 0 Å². The standard InChI is InChI=1S/C34H43N3O5/c1-19-26-15-22(34(26,3)4)16-28(19)36-33(40)31-30(20(2)39)29(18-38)42-37(31)17-21-9-6-11-25(32(21)41-5)23-10-7-13-27-24(23)12-8-14-35-27/h6-14,19-20,22,26,28-31,38-39H,15-18H2,1-5H3,(H,36,40)/t19-,20-,22?,26-,28-,29-,30-,31-/m0/s1. The molecule has 2 aromatic carbocycles. The maximum absolute atomic E-state index is 14.0. The van der Waals surface area contributed by atoms with Crippen molar-refractivity contribution >= 4 is 16.8 Å². The lowest BCUT2D eigenvalue weighted by Crippen LogP contribution is -2.62. The van der Waals surface area contributed by atoms with Crippen LogP contribution in [0.5, 0.6) is 5.75 Å². The van der Waals surface area contributed by atoms with Crippen molar-refractivity contribution < 1.29 is 24.6 Å². The summed E-state index contributed by atoms with van der Waals surface area (Å²) in [5.41, 5.74) is 3.96. The van der Waals surface area contributed by atoms with E-state index in [0.717, 1.165) is 34.0 Å². The van der Waals surface area contributed by atoms with E-state index in [4.69, 9.17) is 9.57 Å². The molecule has 1 amide bonds. The van der Waals surface area contributed by atoms with Gasteiger partial charge in [0, 0.05) is 34.7 Å². The minimum absolute atomic E-state index is 0.0804. The summed E-state index contributed by atoms with van der Waals surface area (Å²) in [6.07, 6.45) is 2.42. The zero-order chi connectivity index (χ0) is 29.8. The first-order valence-corrected chi connectivity index (χ1v) is 15.2. The SMILES string of the molecule is COc1c(CN2O[C@@H](CO)[C@H]([C@H](C)O)[C@H]2C(=O)N[C@H]2CC3C[C@@H]([C@@H]2C)C3(C)C)cccc1-c1cccc2ncccc12. The van der Waals surface area contributed by atoms with Crippen molar-refractivity contribution in [3.63, 3.8) is 0 Å². The van der Waals surface area contributed by atoms with Gasteiger partial charge in [-0.1, -0.05) is 57.2 Å². The molecule has 3 saturated carbocycles. The van der Waals surface area contributed by atoms with Crippen LogP contribution in [0.1, 0.15) is 46.1 Å². The van der Waals surface area contributed by atoms with Crippen LogP contribution in [0.3, 0.4) is 0 Å². The molecule has 7 rings (SSSR count). The van der Waals surface area contributed by atoms with E-state index < -0.39 is 24.2 Å². The molecular weight excluding hydrogens is 530 g/mol. The number of aromatic nitrogens is 1. The number of amides is 1. The second-order valence-corrected chi connectivity index (χ2v) is 13.1. The number of methoxy groups -OCH3 is 1. The Kier molecular flexibility index (Phi) is 7.77. The normalized spacial score (nSPS) is 31.0. The molecule has 1 saturated heterocycles. The number of hydroxylamine groups is 2. The van der Waals surface area contributed by atoms with E-state index in [-0.39, 0.29) is 25.1 Å². The number of carbonyl (C=O) groups is 1. The highest BCUT2D eigenvalue weighted by Gasteiger charge is 2.57. The van der Waals surface area contributed by atoms with Gasteiger partial charge in [-0.15, -0.1) is 0 Å². The number of pyridine rings is 1. The molecule has 3 aliphatic carbocycles. The Morgan fingerprint density at radius 1 is 1.17 bits per heavy atom. The molecule has 2 heterocycles. The third-order valence-corrected chi connectivity index (χ3v) is 10.6. The van der Waals surface area contributed by atoms with Gasteiger partial charge >= 0.3 is 0 Å². The van der Waals surface area contributed by atoms with Gasteiger partial charge in [-0.05, 0) is 60.6 Å². The first-order valence-electron chi connectivity index (χ1n) is 15.2. The fraction of sp³-hybridized carbons (Fsp3) is 0.529. The van der Waals surface area contributed by atoms with Crippen LogP contribution in [0.15, 0.2) is 54.7 Å². The molecule has 8 nitrogen and oxygen atoms in total. The van der Waals surface area contributed by atoms with Crippen LogP contribution in [-0.4, -0.2) is 64.2 Å². The number of benzene rings is 2. The van der Waals surface area contributed by atoms with E-state index in [0.29, 0.717) is 28.9 Å². The monoisotopic (exact) mass is 573 g/mol. The lowest BCUT2D eigenvalue weighted by atomic mass is 9.45. The zero-order valence-electron chi connectivity index (χ0n) is 25.2. The van der Waals surface area contributed by atoms with Crippen LogP contribution in [0.2, 0.25) is 0 Å². The molecule has 224 valence electrons. The number of hydrogen-bond donors (Lipinski definition) is 3. The number of hydrogen-bond acceptors (Lipinski definition) is 7. The Hall–Kier alpha value is -3.04. The van der Waals surface area contributed by atoms with Gasteiger partial charge in [-0.3, -0.25) is 14.6 Å². The molecule has 4 fully saturated rings. The van der Waals surface area contributed by atoms with Crippen molar-refractivity contribution in [2.24, 2.45) is 29.1 Å². The minimum Gasteiger partial charge on any atom is -0.496 e. The fourth-order valence-electron chi connectivity index (χ4n) is 8.15. The predicted molar refractivity (Wildman–Crippen MR) is 161 cm³/mol. The smallest absolute Gasteiger partial charge is 0.240 e. The van der Waals surface area contributed by atoms with Gasteiger partial charge in [0.25, 0.3) is 0 Å². The lowest BCUT2D eigenvalue weighted by Gasteiger charge is -2.62. The summed E-state index contributed by atoms with van der Waals surface area (Å²) in [5.74, 6) is 1.50. The molecule has 8 atom stereocenters. The second-order valence-electron chi connectivity index (χ2n) is 13.1. The minimum atomic E-state index is -0.851. The van der Waals surface area contributed by atoms with Gasteiger partial charge in [0.1, 0.15) is 17.9 Å². The van der Waals surface area contributed by atoms with Crippen LogP contribution < -0.4 is 10.1 Å². The zero-order valence-corrected chi connectivity index (χ0v) is 25.2. The molecule has 4 aliphatic rings. The van der Waals surface area contributed by atoms with Crippen molar-refractivity contribution in [2.75, 3.05) is 13.7 Å². The Labute approximate surface area is 248 Å². The quantitative estimate of drug-likeness (QED) is 0.363. The maximum Gasteiger partial charge on any atom is 0.240 e. The van der Waals surface area contributed by atoms with Crippen molar-refractivity contribution in [3.8, 4) is 16.9 Å². The molecule has 42 heavy (non-hydrogen) atoms. The summed E-state index contributed by atoms with van der Waals surface area (Å²) in [6, 6.07) is 15.3. The molecule has 1 unspecified atom stereocenters. The Bertz CT molecular complexity index is 1450. The van der Waals surface area contributed by atoms with E-state index in [2.05, 4.69) is 37.1 Å². The number of carbonyl (C=O) groups excluding carboxylic acids is 1. The van der Waals surface area contributed by atoms with Crippen LogP contribution >= 0.6 is 0 Å². The van der Waals surface area contributed by atoms with E-state index in [9.17, 15) is 15.0 Å². The fourth-order valence-corrected chi connectivity index (χ4v) is 8.15. The van der Waals surface area contributed by atoms with E-state index in [1.165, 1.54) is 6.42 Å². The number of aliphatic hydroxyl groups is 2. The average molecular weight is 574 g/mol. The number of fused-ring (bicyclic) bond motifs is 3. The van der Waals surface area contributed by atoms with Gasteiger partial charge in [0.2, 0.25) is 5.91 Å². The molecule has 0 radical (unpaired) electrons. The molecule has 2 bridgehead atoms. The Balaban J connectivity index is 1.31. The van der Waals surface area contributed by atoms with Gasteiger partial charge < -0.3 is 20.3 Å². The third-order valence-electron chi connectivity index (χ3n) is 10.6. The first-order chi connectivity index (χ1) is 20.1. The average Bonchev–Trinajstić information content (AvgIpc) is 3.36. The summed E-state index contributed by atoms with van der Waals surface area (Å²) in [6.45, 7) is 8.55. The molecule has 0 spiro atoms. The highest BCUT2D eigenvalue weighted by molar-refractivity contribution is 5.96. The molecule has 1 aliphatic heterocycles. The van der Waals surface area contributed by atoms with Gasteiger partial charge in [-0.2, -0.15) is 5.06 Å². The third kappa shape index (κ3) is 4.78. The summed E-state index contributed by atoms with van der Waals surface area (Å²) in [5, 5.41) is 27.0. The van der Waals surface area contributed by atoms with Crippen molar-refractivity contribution in [3.05, 3.63) is 60.3 Å². The van der Waals surface area contributed by atoms with Crippen LogP contribution in [0.25, 0.3) is 22.0 Å². The van der Waals surface area contributed by atoms with Crippen molar-refractivity contribution in [1.29, 1.82) is 0 Å². The summed E-state index contributed by atoms with van der Waals surface area (Å²) in [7, 11) is 1.65. The predicted octanol–water partition coefficient (Wildman–Crippen LogP) is 4.57. The number of rotatable bonds is 8. The van der Waals surface area contributed by atoms with Crippen molar-refractivity contribution in [2.45, 2.75) is 71.4 Å². The largest absolute Gasteiger partial charge is 0.496 e. The van der Waals surface area contributed by atoms with E-state index >= 15 is 0 Å². The lowest BCUT2D eigenvalue weighted by molar-refractivity contribution is -0.183.